The maximum absolute atomic E-state index is 5.80. The Hall–Kier alpha value is -0.800. The van der Waals surface area contributed by atoms with Gasteiger partial charge in [0.15, 0.2) is 0 Å². The highest BCUT2D eigenvalue weighted by Gasteiger charge is 2.12. The SMILES string of the molecule is Clc1cc(NCC2CCCNC2)ccn1. The molecule has 0 radical (unpaired) electrons. The molecule has 15 heavy (non-hydrogen) atoms. The number of aromatic nitrogens is 1. The van der Waals surface area contributed by atoms with E-state index in [-0.39, 0.29) is 0 Å². The zero-order chi connectivity index (χ0) is 10.5. The van der Waals surface area contributed by atoms with Crippen LogP contribution >= 0.6 is 11.6 Å². The molecule has 1 aliphatic heterocycles. The van der Waals surface area contributed by atoms with E-state index in [0.29, 0.717) is 5.15 Å². The van der Waals surface area contributed by atoms with Crippen molar-refractivity contribution >= 4 is 17.3 Å². The second kappa shape index (κ2) is 5.33. The number of rotatable bonds is 3. The van der Waals surface area contributed by atoms with E-state index in [1.807, 2.05) is 12.1 Å². The molecule has 0 bridgehead atoms. The van der Waals surface area contributed by atoms with Crippen molar-refractivity contribution in [2.75, 3.05) is 25.0 Å². The van der Waals surface area contributed by atoms with E-state index in [1.165, 1.54) is 12.8 Å². The van der Waals surface area contributed by atoms with Crippen LogP contribution in [0.4, 0.5) is 5.69 Å². The summed E-state index contributed by atoms with van der Waals surface area (Å²) >= 11 is 5.80. The normalized spacial score (nSPS) is 21.3. The smallest absolute Gasteiger partial charge is 0.131 e. The third-order valence-electron chi connectivity index (χ3n) is 2.72. The lowest BCUT2D eigenvalue weighted by Gasteiger charge is -2.23. The third-order valence-corrected chi connectivity index (χ3v) is 2.93. The Labute approximate surface area is 95.2 Å². The summed E-state index contributed by atoms with van der Waals surface area (Å²) in [5.41, 5.74) is 1.06. The molecule has 1 unspecified atom stereocenters. The zero-order valence-electron chi connectivity index (χ0n) is 8.67. The molecule has 1 saturated heterocycles. The van der Waals surface area contributed by atoms with Crippen LogP contribution < -0.4 is 10.6 Å². The van der Waals surface area contributed by atoms with E-state index in [9.17, 15) is 0 Å². The van der Waals surface area contributed by atoms with Crippen LogP contribution in [0, 0.1) is 5.92 Å². The minimum absolute atomic E-state index is 0.543. The van der Waals surface area contributed by atoms with Crippen LogP contribution in [0.2, 0.25) is 5.15 Å². The summed E-state index contributed by atoms with van der Waals surface area (Å²) in [6.07, 6.45) is 4.31. The standard InChI is InChI=1S/C11H16ClN3/c12-11-6-10(3-5-14-11)15-8-9-2-1-4-13-7-9/h3,5-6,9,13H,1-2,4,7-8H2,(H,14,15). The number of nitrogens with zero attached hydrogens (tertiary/aromatic N) is 1. The Morgan fingerprint density at radius 2 is 2.53 bits per heavy atom. The van der Waals surface area contributed by atoms with Crippen LogP contribution in [0.3, 0.4) is 0 Å². The molecule has 1 aliphatic rings. The Morgan fingerprint density at radius 3 is 3.27 bits per heavy atom. The molecule has 2 heterocycles. The van der Waals surface area contributed by atoms with Crippen molar-refractivity contribution in [3.63, 3.8) is 0 Å². The first-order valence-corrected chi connectivity index (χ1v) is 5.78. The maximum atomic E-state index is 5.80. The van der Waals surface area contributed by atoms with Gasteiger partial charge in [-0.25, -0.2) is 4.98 Å². The van der Waals surface area contributed by atoms with Gasteiger partial charge in [0, 0.05) is 18.4 Å². The fourth-order valence-electron chi connectivity index (χ4n) is 1.87. The second-order valence-electron chi connectivity index (χ2n) is 3.96. The van der Waals surface area contributed by atoms with Crippen LogP contribution in [0.1, 0.15) is 12.8 Å². The average molecular weight is 226 g/mol. The summed E-state index contributed by atoms with van der Waals surface area (Å²) in [6.45, 7) is 3.29. The van der Waals surface area contributed by atoms with E-state index >= 15 is 0 Å². The molecule has 0 aliphatic carbocycles. The average Bonchev–Trinajstić information content (AvgIpc) is 2.28. The molecule has 0 amide bonds. The van der Waals surface area contributed by atoms with E-state index in [0.717, 1.165) is 31.2 Å². The van der Waals surface area contributed by atoms with Gasteiger partial charge in [-0.15, -0.1) is 0 Å². The Morgan fingerprint density at radius 1 is 1.60 bits per heavy atom. The molecule has 0 spiro atoms. The summed E-state index contributed by atoms with van der Waals surface area (Å²) in [7, 11) is 0. The lowest BCUT2D eigenvalue weighted by molar-refractivity contribution is 0.393. The largest absolute Gasteiger partial charge is 0.385 e. The van der Waals surface area contributed by atoms with Crippen molar-refractivity contribution in [3.8, 4) is 0 Å². The Kier molecular flexibility index (Phi) is 3.80. The highest BCUT2D eigenvalue weighted by atomic mass is 35.5. The maximum Gasteiger partial charge on any atom is 0.131 e. The summed E-state index contributed by atoms with van der Waals surface area (Å²) in [6, 6.07) is 3.81. The fraction of sp³-hybridized carbons (Fsp3) is 0.545. The number of anilines is 1. The van der Waals surface area contributed by atoms with Gasteiger partial charge in [0.05, 0.1) is 0 Å². The summed E-state index contributed by atoms with van der Waals surface area (Å²) in [5.74, 6) is 0.727. The molecule has 3 nitrogen and oxygen atoms in total. The number of hydrogen-bond donors (Lipinski definition) is 2. The zero-order valence-corrected chi connectivity index (χ0v) is 9.43. The van der Waals surface area contributed by atoms with Crippen molar-refractivity contribution in [3.05, 3.63) is 23.5 Å². The highest BCUT2D eigenvalue weighted by molar-refractivity contribution is 6.29. The Bertz CT molecular complexity index is 310. The highest BCUT2D eigenvalue weighted by Crippen LogP contribution is 2.14. The van der Waals surface area contributed by atoms with Gasteiger partial charge in [0.1, 0.15) is 5.15 Å². The van der Waals surface area contributed by atoms with E-state index in [4.69, 9.17) is 11.6 Å². The van der Waals surface area contributed by atoms with Crippen molar-refractivity contribution in [1.82, 2.24) is 10.3 Å². The van der Waals surface area contributed by atoms with Gasteiger partial charge < -0.3 is 10.6 Å². The van der Waals surface area contributed by atoms with Crippen molar-refractivity contribution in [2.24, 2.45) is 5.92 Å². The summed E-state index contributed by atoms with van der Waals surface area (Å²) in [4.78, 5) is 3.95. The van der Waals surface area contributed by atoms with Crippen LogP contribution in [0.25, 0.3) is 0 Å². The van der Waals surface area contributed by atoms with E-state index < -0.39 is 0 Å². The predicted molar refractivity (Wildman–Crippen MR) is 63.3 cm³/mol. The molecule has 4 heteroatoms. The molecule has 1 fully saturated rings. The number of nitrogens with one attached hydrogen (secondary N) is 2. The molecule has 1 aromatic heterocycles. The van der Waals surface area contributed by atoms with Crippen LogP contribution in [0.5, 0.6) is 0 Å². The molecule has 82 valence electrons. The summed E-state index contributed by atoms with van der Waals surface area (Å²) in [5, 5.41) is 7.34. The molecule has 1 aromatic rings. The topological polar surface area (TPSA) is 37.0 Å². The lowest BCUT2D eigenvalue weighted by Crippen LogP contribution is -2.33. The van der Waals surface area contributed by atoms with E-state index in [2.05, 4.69) is 15.6 Å². The van der Waals surface area contributed by atoms with Gasteiger partial charge in [-0.2, -0.15) is 0 Å². The number of halogens is 1. The minimum atomic E-state index is 0.543. The third kappa shape index (κ3) is 3.36. The number of piperidine rings is 1. The lowest BCUT2D eigenvalue weighted by atomic mass is 10.00. The van der Waals surface area contributed by atoms with Gasteiger partial charge in [-0.3, -0.25) is 0 Å². The minimum Gasteiger partial charge on any atom is -0.385 e. The van der Waals surface area contributed by atoms with Crippen molar-refractivity contribution in [1.29, 1.82) is 0 Å². The van der Waals surface area contributed by atoms with Gasteiger partial charge in [0.25, 0.3) is 0 Å². The molecule has 2 N–H and O–H groups in total. The van der Waals surface area contributed by atoms with Crippen molar-refractivity contribution in [2.45, 2.75) is 12.8 Å². The first-order chi connectivity index (χ1) is 7.34. The molecular formula is C11H16ClN3. The Balaban J connectivity index is 1.81. The van der Waals surface area contributed by atoms with Crippen LogP contribution in [0.15, 0.2) is 18.3 Å². The number of pyridine rings is 1. The molecular weight excluding hydrogens is 210 g/mol. The van der Waals surface area contributed by atoms with Crippen LogP contribution in [-0.2, 0) is 0 Å². The summed E-state index contributed by atoms with van der Waals surface area (Å²) < 4.78 is 0. The first-order valence-electron chi connectivity index (χ1n) is 5.41. The fourth-order valence-corrected chi connectivity index (χ4v) is 2.05. The molecule has 0 aromatic carbocycles. The quantitative estimate of drug-likeness (QED) is 0.775. The van der Waals surface area contributed by atoms with E-state index in [1.54, 1.807) is 6.20 Å². The first kappa shape index (κ1) is 10.7. The van der Waals surface area contributed by atoms with Gasteiger partial charge in [-0.1, -0.05) is 11.6 Å². The van der Waals surface area contributed by atoms with Gasteiger partial charge >= 0.3 is 0 Å². The number of hydrogen-bond acceptors (Lipinski definition) is 3. The predicted octanol–water partition coefficient (Wildman–Crippen LogP) is 2.15. The van der Waals surface area contributed by atoms with Crippen molar-refractivity contribution < 1.29 is 0 Å². The molecule has 0 saturated carbocycles. The van der Waals surface area contributed by atoms with Gasteiger partial charge in [-0.05, 0) is 44.0 Å². The second-order valence-corrected chi connectivity index (χ2v) is 4.35. The molecule has 1 atom stereocenters. The van der Waals surface area contributed by atoms with Gasteiger partial charge in [0.2, 0.25) is 0 Å². The monoisotopic (exact) mass is 225 g/mol. The molecule has 2 rings (SSSR count). The van der Waals surface area contributed by atoms with Crippen LogP contribution in [-0.4, -0.2) is 24.6 Å².